The summed E-state index contributed by atoms with van der Waals surface area (Å²) in [4.78, 5) is 0. The number of unbranched alkanes of at least 4 members (excludes halogenated alkanes) is 1. The van der Waals surface area contributed by atoms with Crippen molar-refractivity contribution in [3.8, 4) is 39.7 Å². The van der Waals surface area contributed by atoms with Gasteiger partial charge in [-0.15, -0.1) is 0 Å². The Labute approximate surface area is 170 Å². The van der Waals surface area contributed by atoms with Crippen LogP contribution in [0, 0.1) is 0 Å². The molecular weight excluding hydrogens is 360 g/mol. The van der Waals surface area contributed by atoms with E-state index in [4.69, 9.17) is 5.10 Å². The summed E-state index contributed by atoms with van der Waals surface area (Å²) in [6.45, 7) is 2.18. The van der Waals surface area contributed by atoms with Gasteiger partial charge >= 0.3 is 0 Å². The van der Waals surface area contributed by atoms with Crippen molar-refractivity contribution in [1.29, 1.82) is 0 Å². The number of rotatable bonds is 6. The largest absolute Gasteiger partial charge is 0.508 e. The maximum atomic E-state index is 9.76. The third-order valence-corrected chi connectivity index (χ3v) is 5.05. The number of para-hydroxylation sites is 1. The molecule has 4 aromatic rings. The lowest BCUT2D eigenvalue weighted by Gasteiger charge is -2.10. The molecule has 4 nitrogen and oxygen atoms in total. The molecular formula is C25H24N2O2. The molecule has 0 saturated carbocycles. The first-order valence-corrected chi connectivity index (χ1v) is 9.93. The monoisotopic (exact) mass is 384 g/mol. The molecule has 2 N–H and O–H groups in total. The highest BCUT2D eigenvalue weighted by molar-refractivity contribution is 5.76. The highest BCUT2D eigenvalue weighted by Gasteiger charge is 2.21. The number of hydrogen-bond donors (Lipinski definition) is 2. The molecule has 0 unspecified atom stereocenters. The van der Waals surface area contributed by atoms with Gasteiger partial charge in [0.15, 0.2) is 0 Å². The van der Waals surface area contributed by atoms with Gasteiger partial charge in [0, 0.05) is 16.7 Å². The van der Waals surface area contributed by atoms with Gasteiger partial charge < -0.3 is 10.2 Å². The van der Waals surface area contributed by atoms with Gasteiger partial charge in [0.05, 0.1) is 17.1 Å². The second kappa shape index (κ2) is 8.23. The van der Waals surface area contributed by atoms with E-state index in [1.807, 2.05) is 59.3 Å². The third kappa shape index (κ3) is 3.87. The van der Waals surface area contributed by atoms with E-state index in [9.17, 15) is 10.2 Å². The molecule has 0 aliphatic rings. The van der Waals surface area contributed by atoms with E-state index in [2.05, 4.69) is 6.92 Å². The van der Waals surface area contributed by atoms with E-state index in [1.54, 1.807) is 24.3 Å². The number of aromatic hydroxyl groups is 2. The van der Waals surface area contributed by atoms with Crippen molar-refractivity contribution in [3.05, 3.63) is 84.4 Å². The van der Waals surface area contributed by atoms with Crippen LogP contribution < -0.4 is 0 Å². The fourth-order valence-electron chi connectivity index (χ4n) is 3.56. The standard InChI is InChI=1S/C25H24N2O2/c1-2-3-9-23-24(18-10-14-21(28)15-11-18)26-27(20-7-5-4-6-8-20)25(23)19-12-16-22(29)17-13-19/h4-8,10-17,28-29H,2-3,9H2,1H3. The van der Waals surface area contributed by atoms with E-state index in [0.717, 1.165) is 47.5 Å². The zero-order valence-electron chi connectivity index (χ0n) is 16.4. The second-order valence-electron chi connectivity index (χ2n) is 7.12. The van der Waals surface area contributed by atoms with Gasteiger partial charge in [-0.1, -0.05) is 31.5 Å². The Hall–Kier alpha value is -3.53. The summed E-state index contributed by atoms with van der Waals surface area (Å²) in [5, 5.41) is 24.5. The average Bonchev–Trinajstić information content (AvgIpc) is 3.13. The zero-order valence-corrected chi connectivity index (χ0v) is 16.4. The van der Waals surface area contributed by atoms with Crippen molar-refractivity contribution in [2.45, 2.75) is 26.2 Å². The van der Waals surface area contributed by atoms with Crippen molar-refractivity contribution in [3.63, 3.8) is 0 Å². The van der Waals surface area contributed by atoms with Crippen LogP contribution in [0.15, 0.2) is 78.9 Å². The number of hydrogen-bond acceptors (Lipinski definition) is 3. The molecule has 1 heterocycles. The van der Waals surface area contributed by atoms with E-state index in [-0.39, 0.29) is 11.5 Å². The van der Waals surface area contributed by atoms with Crippen molar-refractivity contribution >= 4 is 0 Å². The van der Waals surface area contributed by atoms with Gasteiger partial charge in [-0.3, -0.25) is 0 Å². The fraction of sp³-hybridized carbons (Fsp3) is 0.160. The summed E-state index contributed by atoms with van der Waals surface area (Å²) in [6, 6.07) is 24.6. The van der Waals surface area contributed by atoms with Crippen LogP contribution in [0.1, 0.15) is 25.3 Å². The topological polar surface area (TPSA) is 58.3 Å². The lowest BCUT2D eigenvalue weighted by atomic mass is 9.97. The average molecular weight is 384 g/mol. The Morgan fingerprint density at radius 2 is 1.34 bits per heavy atom. The summed E-state index contributed by atoms with van der Waals surface area (Å²) in [7, 11) is 0. The smallest absolute Gasteiger partial charge is 0.115 e. The molecule has 0 aliphatic carbocycles. The molecule has 3 aromatic carbocycles. The molecule has 29 heavy (non-hydrogen) atoms. The van der Waals surface area contributed by atoms with Crippen LogP contribution in [0.4, 0.5) is 0 Å². The van der Waals surface area contributed by atoms with Gasteiger partial charge in [-0.25, -0.2) is 4.68 Å². The van der Waals surface area contributed by atoms with E-state index in [0.29, 0.717) is 0 Å². The summed E-state index contributed by atoms with van der Waals surface area (Å²) >= 11 is 0. The van der Waals surface area contributed by atoms with Crippen LogP contribution >= 0.6 is 0 Å². The van der Waals surface area contributed by atoms with E-state index in [1.165, 1.54) is 5.56 Å². The third-order valence-electron chi connectivity index (χ3n) is 5.05. The number of phenols is 2. The number of phenolic OH excluding ortho intramolecular Hbond substituents is 2. The Kier molecular flexibility index (Phi) is 5.34. The van der Waals surface area contributed by atoms with Crippen LogP contribution in [0.3, 0.4) is 0 Å². The molecule has 4 heteroatoms. The van der Waals surface area contributed by atoms with Crippen molar-refractivity contribution in [1.82, 2.24) is 9.78 Å². The van der Waals surface area contributed by atoms with Crippen molar-refractivity contribution in [2.75, 3.05) is 0 Å². The first-order valence-electron chi connectivity index (χ1n) is 9.93. The highest BCUT2D eigenvalue weighted by atomic mass is 16.3. The summed E-state index contributed by atoms with van der Waals surface area (Å²) in [5.74, 6) is 0.485. The molecule has 0 spiro atoms. The van der Waals surface area contributed by atoms with Crippen LogP contribution in [-0.4, -0.2) is 20.0 Å². The van der Waals surface area contributed by atoms with Gasteiger partial charge in [0.2, 0.25) is 0 Å². The maximum Gasteiger partial charge on any atom is 0.115 e. The predicted molar refractivity (Wildman–Crippen MR) is 116 cm³/mol. The number of aromatic nitrogens is 2. The van der Waals surface area contributed by atoms with E-state index >= 15 is 0 Å². The zero-order chi connectivity index (χ0) is 20.2. The highest BCUT2D eigenvalue weighted by Crippen LogP contribution is 2.36. The van der Waals surface area contributed by atoms with Crippen molar-refractivity contribution in [2.24, 2.45) is 0 Å². The Morgan fingerprint density at radius 1 is 0.759 bits per heavy atom. The lowest BCUT2D eigenvalue weighted by molar-refractivity contribution is 0.475. The quantitative estimate of drug-likeness (QED) is 0.431. The molecule has 1 aromatic heterocycles. The summed E-state index contributed by atoms with van der Waals surface area (Å²) < 4.78 is 1.99. The Morgan fingerprint density at radius 3 is 1.93 bits per heavy atom. The first-order chi connectivity index (χ1) is 14.2. The lowest BCUT2D eigenvalue weighted by Crippen LogP contribution is -2.00. The molecule has 0 amide bonds. The molecule has 0 aliphatic heterocycles. The van der Waals surface area contributed by atoms with E-state index < -0.39 is 0 Å². The second-order valence-corrected chi connectivity index (χ2v) is 7.12. The van der Waals surface area contributed by atoms with Gasteiger partial charge in [-0.05, 0) is 73.5 Å². The molecule has 0 fully saturated rings. The first kappa shape index (κ1) is 18.8. The molecule has 0 radical (unpaired) electrons. The Balaban J connectivity index is 1.98. The van der Waals surface area contributed by atoms with Crippen LogP contribution in [0.5, 0.6) is 11.5 Å². The minimum absolute atomic E-state index is 0.241. The summed E-state index contributed by atoms with van der Waals surface area (Å²) in [6.07, 6.45) is 3.03. The summed E-state index contributed by atoms with van der Waals surface area (Å²) in [5.41, 5.74) is 6.10. The molecule has 0 atom stereocenters. The SMILES string of the molecule is CCCCc1c(-c2ccc(O)cc2)nn(-c2ccccc2)c1-c1ccc(O)cc1. The van der Waals surface area contributed by atoms with Crippen LogP contribution in [-0.2, 0) is 6.42 Å². The molecule has 0 bridgehead atoms. The predicted octanol–water partition coefficient (Wildman–Crippen LogP) is 5.96. The number of benzene rings is 3. The van der Waals surface area contributed by atoms with Gasteiger partial charge in [-0.2, -0.15) is 5.10 Å². The fourth-order valence-corrected chi connectivity index (χ4v) is 3.56. The normalized spacial score (nSPS) is 10.9. The number of nitrogens with zero attached hydrogens (tertiary/aromatic N) is 2. The molecule has 4 rings (SSSR count). The molecule has 146 valence electrons. The van der Waals surface area contributed by atoms with Gasteiger partial charge in [0.25, 0.3) is 0 Å². The molecule has 0 saturated heterocycles. The van der Waals surface area contributed by atoms with Gasteiger partial charge in [0.1, 0.15) is 11.5 Å². The minimum Gasteiger partial charge on any atom is -0.508 e. The van der Waals surface area contributed by atoms with Crippen LogP contribution in [0.25, 0.3) is 28.2 Å². The minimum atomic E-state index is 0.241. The maximum absolute atomic E-state index is 9.76. The van der Waals surface area contributed by atoms with Crippen molar-refractivity contribution < 1.29 is 10.2 Å². The Bertz CT molecular complexity index is 1080. The van der Waals surface area contributed by atoms with Crippen LogP contribution in [0.2, 0.25) is 0 Å².